The molecule has 1 amide bonds. The monoisotopic (exact) mass is 385 g/mol. The highest BCUT2D eigenvalue weighted by atomic mass is 19.4. The van der Waals surface area contributed by atoms with Crippen molar-refractivity contribution in [2.75, 3.05) is 6.54 Å². The molecule has 0 saturated heterocycles. The minimum absolute atomic E-state index is 0.000640. The third-order valence-electron chi connectivity index (χ3n) is 3.56. The molecule has 0 aliphatic rings. The predicted molar refractivity (Wildman–Crippen MR) is 86.3 cm³/mol. The first kappa shape index (κ1) is 20.3. The number of alkyl halides is 3. The number of halogens is 3. The Morgan fingerprint density at radius 3 is 2.56 bits per heavy atom. The highest BCUT2D eigenvalue weighted by molar-refractivity contribution is 5.95. The van der Waals surface area contributed by atoms with Gasteiger partial charge in [-0.3, -0.25) is 9.59 Å². The Balaban J connectivity index is 1.80. The molecule has 146 valence electrons. The number of nitrogens with one attached hydrogen (secondary N) is 1. The van der Waals surface area contributed by atoms with Crippen LogP contribution >= 0.6 is 0 Å². The number of ether oxygens (including phenoxy) is 1. The summed E-state index contributed by atoms with van der Waals surface area (Å²) < 4.78 is 44.0. The van der Waals surface area contributed by atoms with Crippen LogP contribution in [0.2, 0.25) is 0 Å². The van der Waals surface area contributed by atoms with Gasteiger partial charge in [0.15, 0.2) is 12.4 Å². The molecular formula is C16H18F3N5O3. The molecule has 1 N–H and O–H groups in total. The van der Waals surface area contributed by atoms with Gasteiger partial charge in [-0.2, -0.15) is 13.2 Å². The van der Waals surface area contributed by atoms with Gasteiger partial charge in [0.1, 0.15) is 6.54 Å². The number of carbonyl (C=O) groups excluding carboxylic acids is 2. The third kappa shape index (κ3) is 6.04. The van der Waals surface area contributed by atoms with Crippen molar-refractivity contribution in [1.82, 2.24) is 25.5 Å². The van der Waals surface area contributed by atoms with E-state index < -0.39 is 30.2 Å². The number of hydrogen-bond donors (Lipinski definition) is 1. The highest BCUT2D eigenvalue weighted by Gasteiger charge is 2.30. The second-order valence-corrected chi connectivity index (χ2v) is 5.59. The van der Waals surface area contributed by atoms with Crippen LogP contribution in [0.15, 0.2) is 24.3 Å². The summed E-state index contributed by atoms with van der Waals surface area (Å²) in [5, 5.41) is 13.3. The number of benzene rings is 1. The maximum atomic E-state index is 12.5. The van der Waals surface area contributed by atoms with E-state index in [1.54, 1.807) is 0 Å². The smallest absolute Gasteiger partial charge is 0.416 e. The first-order valence-electron chi connectivity index (χ1n) is 8.17. The van der Waals surface area contributed by atoms with Gasteiger partial charge in [0.25, 0.3) is 5.91 Å². The zero-order valence-corrected chi connectivity index (χ0v) is 14.5. The van der Waals surface area contributed by atoms with Crippen LogP contribution < -0.4 is 5.32 Å². The van der Waals surface area contributed by atoms with Crippen LogP contribution in [0.3, 0.4) is 0 Å². The van der Waals surface area contributed by atoms with Gasteiger partial charge in [0.05, 0.1) is 5.56 Å². The number of carbonyl (C=O) groups is 2. The largest absolute Gasteiger partial charge is 0.456 e. The van der Waals surface area contributed by atoms with Gasteiger partial charge < -0.3 is 10.1 Å². The number of tetrazole rings is 1. The number of aryl methyl sites for hydroxylation is 1. The van der Waals surface area contributed by atoms with E-state index in [-0.39, 0.29) is 12.2 Å². The fourth-order valence-corrected chi connectivity index (χ4v) is 2.07. The van der Waals surface area contributed by atoms with Gasteiger partial charge >= 0.3 is 12.1 Å². The standard InChI is InChI=1S/C16H18F3N5O3/c1-2-3-8-24-13(21-22-23-24)10-27-14(25)9-20-15(26)11-4-6-12(7-5-11)16(17,18)19/h4-7H,2-3,8-10H2,1H3,(H,20,26). The fraction of sp³-hybridized carbons (Fsp3) is 0.438. The van der Waals surface area contributed by atoms with Gasteiger partial charge in [0.2, 0.25) is 0 Å². The van der Waals surface area contributed by atoms with Gasteiger partial charge in [0, 0.05) is 12.1 Å². The van der Waals surface area contributed by atoms with Crippen LogP contribution in [0.5, 0.6) is 0 Å². The lowest BCUT2D eigenvalue weighted by Gasteiger charge is -2.08. The third-order valence-corrected chi connectivity index (χ3v) is 3.56. The van der Waals surface area contributed by atoms with Crippen LogP contribution in [0, 0.1) is 0 Å². The minimum atomic E-state index is -4.48. The fourth-order valence-electron chi connectivity index (χ4n) is 2.07. The van der Waals surface area contributed by atoms with E-state index in [0.29, 0.717) is 12.4 Å². The summed E-state index contributed by atoms with van der Waals surface area (Å²) in [5.41, 5.74) is -0.862. The average Bonchev–Trinajstić information content (AvgIpc) is 3.09. The predicted octanol–water partition coefficient (Wildman–Crippen LogP) is 1.97. The zero-order chi connectivity index (χ0) is 19.9. The molecule has 0 aliphatic carbocycles. The van der Waals surface area contributed by atoms with Gasteiger partial charge in [-0.15, -0.1) is 5.10 Å². The number of esters is 1. The average molecular weight is 385 g/mol. The molecule has 0 bridgehead atoms. The van der Waals surface area contributed by atoms with Crippen molar-refractivity contribution in [3.63, 3.8) is 0 Å². The molecule has 2 rings (SSSR count). The highest BCUT2D eigenvalue weighted by Crippen LogP contribution is 2.29. The second-order valence-electron chi connectivity index (χ2n) is 5.59. The van der Waals surface area contributed by atoms with Gasteiger partial charge in [-0.05, 0) is 41.1 Å². The van der Waals surface area contributed by atoms with Gasteiger partial charge in [-0.1, -0.05) is 13.3 Å². The lowest BCUT2D eigenvalue weighted by molar-refractivity contribution is -0.144. The van der Waals surface area contributed by atoms with Crippen molar-refractivity contribution in [1.29, 1.82) is 0 Å². The molecule has 0 aliphatic heterocycles. The number of amides is 1. The summed E-state index contributed by atoms with van der Waals surface area (Å²) in [4.78, 5) is 23.6. The molecule has 8 nitrogen and oxygen atoms in total. The first-order valence-corrected chi connectivity index (χ1v) is 8.17. The molecule has 1 aromatic carbocycles. The van der Waals surface area contributed by atoms with Crippen molar-refractivity contribution < 1.29 is 27.5 Å². The molecule has 1 aromatic heterocycles. The molecule has 0 saturated carbocycles. The zero-order valence-electron chi connectivity index (χ0n) is 14.5. The Morgan fingerprint density at radius 1 is 1.22 bits per heavy atom. The van der Waals surface area contributed by atoms with Crippen LogP contribution in [-0.4, -0.2) is 38.6 Å². The Hall–Kier alpha value is -2.98. The number of rotatable bonds is 8. The van der Waals surface area contributed by atoms with E-state index in [1.807, 2.05) is 6.92 Å². The molecule has 1 heterocycles. The van der Waals surface area contributed by atoms with E-state index in [4.69, 9.17) is 4.74 Å². The first-order chi connectivity index (χ1) is 12.8. The van der Waals surface area contributed by atoms with Crippen molar-refractivity contribution in [2.45, 2.75) is 39.1 Å². The maximum Gasteiger partial charge on any atom is 0.416 e. The van der Waals surface area contributed by atoms with E-state index in [1.165, 1.54) is 4.68 Å². The lowest BCUT2D eigenvalue weighted by atomic mass is 10.1. The maximum absolute atomic E-state index is 12.5. The van der Waals surface area contributed by atoms with Crippen molar-refractivity contribution in [2.24, 2.45) is 0 Å². The molecule has 2 aromatic rings. The number of nitrogens with zero attached hydrogens (tertiary/aromatic N) is 4. The molecule has 27 heavy (non-hydrogen) atoms. The molecule has 0 fully saturated rings. The van der Waals surface area contributed by atoms with Crippen LogP contribution in [-0.2, 0) is 28.9 Å². The Kier molecular flexibility index (Phi) is 6.85. The Labute approximate surface area is 152 Å². The van der Waals surface area contributed by atoms with Crippen LogP contribution in [0.1, 0.15) is 41.5 Å². The number of aromatic nitrogens is 4. The molecular weight excluding hydrogens is 367 g/mol. The van der Waals surface area contributed by atoms with Gasteiger partial charge in [-0.25, -0.2) is 4.68 Å². The number of hydrogen-bond acceptors (Lipinski definition) is 6. The van der Waals surface area contributed by atoms with Crippen molar-refractivity contribution >= 4 is 11.9 Å². The summed E-state index contributed by atoms with van der Waals surface area (Å²) in [7, 11) is 0. The summed E-state index contributed by atoms with van der Waals surface area (Å²) in [6.07, 6.45) is -2.66. The van der Waals surface area contributed by atoms with Crippen LogP contribution in [0.25, 0.3) is 0 Å². The molecule has 11 heteroatoms. The van der Waals surface area contributed by atoms with Crippen molar-refractivity contribution in [3.05, 3.63) is 41.2 Å². The van der Waals surface area contributed by atoms with E-state index in [2.05, 4.69) is 20.8 Å². The Morgan fingerprint density at radius 2 is 1.93 bits per heavy atom. The Bertz CT molecular complexity index is 774. The van der Waals surface area contributed by atoms with E-state index in [9.17, 15) is 22.8 Å². The summed E-state index contributed by atoms with van der Waals surface area (Å²) in [6.45, 7) is 2.03. The molecule has 0 radical (unpaired) electrons. The minimum Gasteiger partial charge on any atom is -0.456 e. The second kappa shape index (κ2) is 9.10. The summed E-state index contributed by atoms with van der Waals surface area (Å²) in [6, 6.07) is 3.66. The van der Waals surface area contributed by atoms with E-state index in [0.717, 1.165) is 37.1 Å². The molecule has 0 atom stereocenters. The van der Waals surface area contributed by atoms with E-state index >= 15 is 0 Å². The molecule has 0 spiro atoms. The SMILES string of the molecule is CCCCn1nnnc1COC(=O)CNC(=O)c1ccc(C(F)(F)F)cc1. The summed E-state index contributed by atoms with van der Waals surface area (Å²) >= 11 is 0. The summed E-state index contributed by atoms with van der Waals surface area (Å²) in [5.74, 6) is -1.03. The van der Waals surface area contributed by atoms with Crippen molar-refractivity contribution in [3.8, 4) is 0 Å². The lowest BCUT2D eigenvalue weighted by Crippen LogP contribution is -2.30. The number of unbranched alkanes of at least 4 members (excludes halogenated alkanes) is 1. The quantitative estimate of drug-likeness (QED) is 0.698. The molecule has 0 unspecified atom stereocenters. The van der Waals surface area contributed by atoms with Crippen LogP contribution in [0.4, 0.5) is 13.2 Å². The normalized spacial score (nSPS) is 11.3. The topological polar surface area (TPSA) is 99.0 Å².